The Bertz CT molecular complexity index is 557. The largest absolute Gasteiger partial charge is 0.468 e. The lowest BCUT2D eigenvalue weighted by atomic mass is 10.1. The molecule has 0 radical (unpaired) electrons. The first-order valence-corrected chi connectivity index (χ1v) is 7.01. The molecule has 0 unspecified atom stereocenters. The van der Waals surface area contributed by atoms with Crippen molar-refractivity contribution in [3.63, 3.8) is 0 Å². The van der Waals surface area contributed by atoms with Gasteiger partial charge in [-0.1, -0.05) is 5.16 Å². The van der Waals surface area contributed by atoms with Gasteiger partial charge < -0.3 is 19.3 Å². The highest BCUT2D eigenvalue weighted by atomic mass is 16.5. The van der Waals surface area contributed by atoms with Crippen LogP contribution >= 0.6 is 0 Å². The first kappa shape index (κ1) is 16.4. The molecule has 2 atom stereocenters. The number of hydrogen-bond donors (Lipinski definition) is 1. The molecule has 22 heavy (non-hydrogen) atoms. The summed E-state index contributed by atoms with van der Waals surface area (Å²) >= 11 is 0. The van der Waals surface area contributed by atoms with Crippen molar-refractivity contribution >= 4 is 11.9 Å². The van der Waals surface area contributed by atoms with Crippen LogP contribution in [-0.2, 0) is 20.9 Å². The molecule has 0 aliphatic carbocycles. The Morgan fingerprint density at radius 1 is 1.45 bits per heavy atom. The molecule has 1 aromatic rings. The van der Waals surface area contributed by atoms with Crippen LogP contribution in [-0.4, -0.2) is 61.8 Å². The molecule has 0 bridgehead atoms. The Labute approximate surface area is 128 Å². The Hall–Kier alpha value is -1.93. The fraction of sp³-hybridized carbons (Fsp3) is 0.643. The van der Waals surface area contributed by atoms with E-state index in [9.17, 15) is 9.59 Å². The van der Waals surface area contributed by atoms with E-state index in [2.05, 4.69) is 10.5 Å². The minimum Gasteiger partial charge on any atom is -0.468 e. The Morgan fingerprint density at radius 3 is 2.82 bits per heavy atom. The van der Waals surface area contributed by atoms with Crippen LogP contribution in [0, 0.1) is 6.92 Å². The molecule has 0 aromatic carbocycles. The van der Waals surface area contributed by atoms with Crippen LogP contribution in [0.15, 0.2) is 4.52 Å². The van der Waals surface area contributed by atoms with Gasteiger partial charge in [0.05, 0.1) is 19.3 Å². The molecule has 1 aliphatic rings. The minimum atomic E-state index is -0.340. The van der Waals surface area contributed by atoms with Gasteiger partial charge in [0.15, 0.2) is 5.69 Å². The summed E-state index contributed by atoms with van der Waals surface area (Å²) in [7, 11) is 4.72. The van der Waals surface area contributed by atoms with Crippen molar-refractivity contribution in [2.24, 2.45) is 0 Å². The number of esters is 1. The third kappa shape index (κ3) is 3.28. The molecule has 1 aromatic heterocycles. The Balaban J connectivity index is 2.03. The number of amides is 1. The van der Waals surface area contributed by atoms with E-state index < -0.39 is 0 Å². The second kappa shape index (κ2) is 6.89. The van der Waals surface area contributed by atoms with Crippen LogP contribution in [0.4, 0.5) is 0 Å². The van der Waals surface area contributed by atoms with E-state index in [1.54, 1.807) is 14.0 Å². The number of likely N-dealkylation sites (N-methyl/N-ethyl adjacent to an activating group) is 1. The molecule has 0 spiro atoms. The highest BCUT2D eigenvalue weighted by Crippen LogP contribution is 2.19. The molecular formula is C14H21N3O5. The minimum absolute atomic E-state index is 0.144. The summed E-state index contributed by atoms with van der Waals surface area (Å²) in [5.41, 5.74) is 0.861. The first-order valence-electron chi connectivity index (χ1n) is 7.01. The van der Waals surface area contributed by atoms with Gasteiger partial charge in [0.25, 0.3) is 5.91 Å². The average Bonchev–Trinajstić information content (AvgIpc) is 3.02. The van der Waals surface area contributed by atoms with Crippen LogP contribution in [0.1, 0.15) is 28.2 Å². The molecule has 1 amide bonds. The van der Waals surface area contributed by atoms with Gasteiger partial charge in [-0.25, -0.2) is 0 Å². The lowest BCUT2D eigenvalue weighted by Crippen LogP contribution is -2.37. The zero-order chi connectivity index (χ0) is 16.3. The third-order valence-corrected chi connectivity index (χ3v) is 3.85. The maximum absolute atomic E-state index is 12.3. The van der Waals surface area contributed by atoms with Gasteiger partial charge in [0.1, 0.15) is 11.8 Å². The van der Waals surface area contributed by atoms with E-state index in [-0.39, 0.29) is 36.3 Å². The zero-order valence-electron chi connectivity index (χ0n) is 13.2. The number of nitrogens with zero attached hydrogens (tertiary/aromatic N) is 2. The smallest absolute Gasteiger partial charge is 0.323 e. The highest BCUT2D eigenvalue weighted by Gasteiger charge is 2.36. The molecular weight excluding hydrogens is 290 g/mol. The summed E-state index contributed by atoms with van der Waals surface area (Å²) in [5, 5.41) is 6.67. The van der Waals surface area contributed by atoms with Crippen molar-refractivity contribution < 1.29 is 23.6 Å². The predicted octanol–water partition coefficient (Wildman–Crippen LogP) is 0.105. The summed E-state index contributed by atoms with van der Waals surface area (Å²) in [5.74, 6) is -0.0626. The number of aromatic nitrogens is 1. The topological polar surface area (TPSA) is 93.9 Å². The van der Waals surface area contributed by atoms with E-state index >= 15 is 0 Å². The van der Waals surface area contributed by atoms with E-state index in [0.29, 0.717) is 24.3 Å². The van der Waals surface area contributed by atoms with Crippen LogP contribution in [0.3, 0.4) is 0 Å². The van der Waals surface area contributed by atoms with Crippen LogP contribution < -0.4 is 5.32 Å². The normalized spacial score (nSPS) is 21.8. The molecule has 2 heterocycles. The Morgan fingerprint density at radius 2 is 2.18 bits per heavy atom. The van der Waals surface area contributed by atoms with Crippen LogP contribution in [0.5, 0.6) is 0 Å². The number of rotatable bonds is 5. The Kier molecular flexibility index (Phi) is 5.15. The molecule has 8 heteroatoms. The number of methoxy groups -OCH3 is 2. The van der Waals surface area contributed by atoms with E-state index in [0.717, 1.165) is 0 Å². The second-order valence-corrected chi connectivity index (χ2v) is 5.38. The van der Waals surface area contributed by atoms with E-state index in [1.165, 1.54) is 7.11 Å². The van der Waals surface area contributed by atoms with Crippen molar-refractivity contribution in [3.05, 3.63) is 17.0 Å². The maximum Gasteiger partial charge on any atom is 0.323 e. The molecule has 8 nitrogen and oxygen atoms in total. The van der Waals surface area contributed by atoms with Crippen LogP contribution in [0.2, 0.25) is 0 Å². The van der Waals surface area contributed by atoms with Gasteiger partial charge in [-0.05, 0) is 20.4 Å². The number of carbonyl (C=O) groups is 2. The number of ether oxygens (including phenoxy) is 2. The molecule has 1 saturated heterocycles. The molecule has 0 saturated carbocycles. The number of hydrogen-bond acceptors (Lipinski definition) is 7. The van der Waals surface area contributed by atoms with Crippen molar-refractivity contribution in [2.75, 3.05) is 27.8 Å². The van der Waals surface area contributed by atoms with Gasteiger partial charge >= 0.3 is 5.97 Å². The fourth-order valence-electron chi connectivity index (χ4n) is 2.65. The van der Waals surface area contributed by atoms with E-state index in [4.69, 9.17) is 14.0 Å². The van der Waals surface area contributed by atoms with Crippen molar-refractivity contribution in [2.45, 2.75) is 32.0 Å². The third-order valence-electron chi connectivity index (χ3n) is 3.85. The van der Waals surface area contributed by atoms with Gasteiger partial charge in [0.2, 0.25) is 0 Å². The number of likely N-dealkylation sites (tertiary alicyclic amines) is 1. The summed E-state index contributed by atoms with van der Waals surface area (Å²) < 4.78 is 14.9. The second-order valence-electron chi connectivity index (χ2n) is 5.38. The van der Waals surface area contributed by atoms with Crippen molar-refractivity contribution in [3.8, 4) is 0 Å². The fourth-order valence-corrected chi connectivity index (χ4v) is 2.65. The molecule has 122 valence electrons. The predicted molar refractivity (Wildman–Crippen MR) is 76.3 cm³/mol. The first-order chi connectivity index (χ1) is 10.5. The molecule has 1 fully saturated rings. The number of carbonyl (C=O) groups excluding carboxylic acids is 2. The number of nitrogens with one attached hydrogen (secondary N) is 1. The standard InChI is InChI=1S/C14H21N3O5/c1-8-10(7-20-3)12(16-22-8)13(18)15-9-5-11(14(19)21-4)17(2)6-9/h9,11H,5-7H2,1-4H3,(H,15,18)/t9-,11+/m1/s1. The molecule has 1 aliphatic heterocycles. The average molecular weight is 311 g/mol. The lowest BCUT2D eigenvalue weighted by Gasteiger charge is -2.15. The summed E-state index contributed by atoms with van der Waals surface area (Å²) in [4.78, 5) is 25.8. The SMILES string of the molecule is COCc1c(C(=O)N[C@@H]2C[C@@H](C(=O)OC)N(C)C2)noc1C. The maximum atomic E-state index is 12.3. The van der Waals surface area contributed by atoms with Crippen LogP contribution in [0.25, 0.3) is 0 Å². The van der Waals surface area contributed by atoms with Gasteiger partial charge in [0, 0.05) is 19.7 Å². The van der Waals surface area contributed by atoms with Crippen molar-refractivity contribution in [1.82, 2.24) is 15.4 Å². The lowest BCUT2D eigenvalue weighted by molar-refractivity contribution is -0.145. The van der Waals surface area contributed by atoms with Gasteiger partial charge in [-0.15, -0.1) is 0 Å². The molecule has 2 rings (SSSR count). The van der Waals surface area contributed by atoms with Gasteiger partial charge in [-0.2, -0.15) is 0 Å². The summed E-state index contributed by atoms with van der Waals surface area (Å²) in [6.07, 6.45) is 0.505. The monoisotopic (exact) mass is 311 g/mol. The van der Waals surface area contributed by atoms with Crippen molar-refractivity contribution in [1.29, 1.82) is 0 Å². The quantitative estimate of drug-likeness (QED) is 0.771. The number of aryl methyl sites for hydroxylation is 1. The zero-order valence-corrected chi connectivity index (χ0v) is 13.2. The van der Waals surface area contributed by atoms with E-state index in [1.807, 2.05) is 11.9 Å². The highest BCUT2D eigenvalue weighted by molar-refractivity contribution is 5.94. The summed E-state index contributed by atoms with van der Waals surface area (Å²) in [6.45, 7) is 2.56. The molecule has 1 N–H and O–H groups in total. The van der Waals surface area contributed by atoms with Gasteiger partial charge in [-0.3, -0.25) is 14.5 Å². The summed E-state index contributed by atoms with van der Waals surface area (Å²) in [6, 6.07) is -0.484.